The lowest BCUT2D eigenvalue weighted by Crippen LogP contribution is -2.13. The number of hydrogen-bond donors (Lipinski definition) is 1. The molecular weight excluding hydrogens is 205 g/mol. The number of halogens is 2. The largest absolute Gasteiger partial charge is 0.288 e. The van der Waals surface area contributed by atoms with Crippen LogP contribution >= 0.6 is 11.8 Å². The Morgan fingerprint density at radius 3 is 2.58 bits per heavy atom. The minimum Gasteiger partial charge on any atom is -0.288 e. The summed E-state index contributed by atoms with van der Waals surface area (Å²) in [5, 5.41) is 0. The first kappa shape index (κ1) is 9.44. The van der Waals surface area contributed by atoms with E-state index in [0.717, 1.165) is 6.07 Å². The number of para-hydroxylation sites is 1. The maximum atomic E-state index is 12.8. The third-order valence-electron chi connectivity index (χ3n) is 1.18. The molecule has 0 spiro atoms. The standard InChI is InChI=1S/C6H5ClFNO2S/c7-9(12(10)11)6-4-2-1-3-5(6)8/h1-4H,(H,10,11). The molecule has 1 unspecified atom stereocenters. The van der Waals surface area contributed by atoms with Crippen LogP contribution in [0.3, 0.4) is 0 Å². The van der Waals surface area contributed by atoms with Crippen LogP contribution in [0.4, 0.5) is 10.1 Å². The molecule has 0 amide bonds. The summed E-state index contributed by atoms with van der Waals surface area (Å²) < 4.78 is 32.1. The fraction of sp³-hybridized carbons (Fsp3) is 0. The maximum Gasteiger partial charge on any atom is 0.277 e. The van der Waals surface area contributed by atoms with E-state index in [4.69, 9.17) is 16.3 Å². The van der Waals surface area contributed by atoms with Crippen molar-refractivity contribution in [3.63, 3.8) is 0 Å². The second-order valence-electron chi connectivity index (χ2n) is 1.93. The van der Waals surface area contributed by atoms with Crippen LogP contribution in [-0.2, 0) is 11.3 Å². The van der Waals surface area contributed by atoms with Crippen LogP contribution in [0, 0.1) is 5.82 Å². The lowest BCUT2D eigenvalue weighted by molar-refractivity contribution is 0.564. The SMILES string of the molecule is O=S(O)N(Cl)c1ccccc1F. The second-order valence-corrected chi connectivity index (χ2v) is 3.29. The summed E-state index contributed by atoms with van der Waals surface area (Å²) in [7, 11) is 0. The monoisotopic (exact) mass is 209 g/mol. The highest BCUT2D eigenvalue weighted by molar-refractivity contribution is 7.82. The van der Waals surface area contributed by atoms with Gasteiger partial charge in [-0.3, -0.25) is 4.55 Å². The molecule has 0 saturated carbocycles. The Balaban J connectivity index is 3.02. The van der Waals surface area contributed by atoms with Crippen molar-refractivity contribution in [3.8, 4) is 0 Å². The Morgan fingerprint density at radius 1 is 1.50 bits per heavy atom. The Hall–Kier alpha value is -0.650. The van der Waals surface area contributed by atoms with Gasteiger partial charge >= 0.3 is 0 Å². The quantitative estimate of drug-likeness (QED) is 0.597. The summed E-state index contributed by atoms with van der Waals surface area (Å²) in [4.78, 5) is 0. The molecule has 1 aromatic rings. The average Bonchev–Trinajstić information content (AvgIpc) is 2.04. The van der Waals surface area contributed by atoms with E-state index in [-0.39, 0.29) is 5.69 Å². The van der Waals surface area contributed by atoms with Gasteiger partial charge in [-0.1, -0.05) is 12.1 Å². The fourth-order valence-electron chi connectivity index (χ4n) is 0.678. The van der Waals surface area contributed by atoms with Gasteiger partial charge in [0.15, 0.2) is 0 Å². The molecule has 1 N–H and O–H groups in total. The summed E-state index contributed by atoms with van der Waals surface area (Å²) in [5.74, 6) is -0.644. The molecule has 0 aliphatic carbocycles. The third-order valence-corrected chi connectivity index (χ3v) is 2.19. The van der Waals surface area contributed by atoms with Gasteiger partial charge in [-0.25, -0.2) is 8.60 Å². The van der Waals surface area contributed by atoms with Crippen molar-refractivity contribution in [2.45, 2.75) is 0 Å². The fourth-order valence-corrected chi connectivity index (χ4v) is 1.13. The van der Waals surface area contributed by atoms with Crippen molar-refractivity contribution in [2.24, 2.45) is 0 Å². The van der Waals surface area contributed by atoms with Crippen LogP contribution in [0.5, 0.6) is 0 Å². The van der Waals surface area contributed by atoms with E-state index < -0.39 is 17.1 Å². The van der Waals surface area contributed by atoms with Gasteiger partial charge < -0.3 is 0 Å². The smallest absolute Gasteiger partial charge is 0.277 e. The zero-order valence-corrected chi connectivity index (χ0v) is 7.35. The van der Waals surface area contributed by atoms with Crippen LogP contribution in [-0.4, -0.2) is 8.76 Å². The highest BCUT2D eigenvalue weighted by atomic mass is 35.5. The highest BCUT2D eigenvalue weighted by Crippen LogP contribution is 2.21. The molecule has 0 aliphatic rings. The van der Waals surface area contributed by atoms with Crippen LogP contribution in [0.1, 0.15) is 0 Å². The molecule has 3 nitrogen and oxygen atoms in total. The zero-order valence-electron chi connectivity index (χ0n) is 5.78. The maximum absolute atomic E-state index is 12.8. The molecule has 0 aliphatic heterocycles. The van der Waals surface area contributed by atoms with E-state index in [0.29, 0.717) is 3.82 Å². The molecule has 12 heavy (non-hydrogen) atoms. The van der Waals surface area contributed by atoms with E-state index in [2.05, 4.69) is 0 Å². The average molecular weight is 210 g/mol. The van der Waals surface area contributed by atoms with Crippen molar-refractivity contribution in [1.82, 2.24) is 0 Å². The topological polar surface area (TPSA) is 40.5 Å². The molecule has 1 aromatic carbocycles. The Labute approximate surface area is 76.3 Å². The first-order valence-electron chi connectivity index (χ1n) is 2.94. The van der Waals surface area contributed by atoms with Crippen LogP contribution in [0.15, 0.2) is 24.3 Å². The predicted octanol–water partition coefficient (Wildman–Crippen LogP) is 1.92. The number of nitrogens with zero attached hydrogens (tertiary/aromatic N) is 1. The van der Waals surface area contributed by atoms with E-state index in [1.54, 1.807) is 0 Å². The summed E-state index contributed by atoms with van der Waals surface area (Å²) in [5.41, 5.74) is -0.125. The van der Waals surface area contributed by atoms with E-state index in [1.807, 2.05) is 0 Å². The third kappa shape index (κ3) is 1.94. The van der Waals surface area contributed by atoms with Gasteiger partial charge in [0, 0.05) is 11.8 Å². The molecule has 0 heterocycles. The van der Waals surface area contributed by atoms with Crippen molar-refractivity contribution < 1.29 is 13.2 Å². The van der Waals surface area contributed by atoms with Gasteiger partial charge in [0.2, 0.25) is 0 Å². The molecule has 6 heteroatoms. The first-order valence-corrected chi connectivity index (χ1v) is 4.34. The minimum absolute atomic E-state index is 0.125. The Kier molecular flexibility index (Phi) is 3.02. The normalized spacial score (nSPS) is 12.6. The number of hydrogen-bond acceptors (Lipinski definition) is 1. The Morgan fingerprint density at radius 2 is 2.08 bits per heavy atom. The summed E-state index contributed by atoms with van der Waals surface area (Å²) >= 11 is 2.88. The molecule has 1 atom stereocenters. The Bertz CT molecular complexity index is 309. The highest BCUT2D eigenvalue weighted by Gasteiger charge is 2.12. The lowest BCUT2D eigenvalue weighted by atomic mass is 10.3. The molecule has 0 bridgehead atoms. The second kappa shape index (κ2) is 3.84. The van der Waals surface area contributed by atoms with Gasteiger partial charge in [0.05, 0.1) is 0 Å². The summed E-state index contributed by atoms with van der Waals surface area (Å²) in [6.07, 6.45) is 0. The molecule has 0 saturated heterocycles. The number of rotatable bonds is 2. The lowest BCUT2D eigenvalue weighted by Gasteiger charge is -2.09. The zero-order chi connectivity index (χ0) is 9.14. The molecule has 1 rings (SSSR count). The predicted molar refractivity (Wildman–Crippen MR) is 45.5 cm³/mol. The van der Waals surface area contributed by atoms with Gasteiger partial charge in [-0.2, -0.15) is 3.82 Å². The van der Waals surface area contributed by atoms with Gasteiger partial charge in [-0.05, 0) is 12.1 Å². The van der Waals surface area contributed by atoms with Crippen molar-refractivity contribution >= 4 is 28.7 Å². The van der Waals surface area contributed by atoms with Gasteiger partial charge in [0.1, 0.15) is 11.5 Å². The first-order chi connectivity index (χ1) is 5.63. The van der Waals surface area contributed by atoms with Crippen molar-refractivity contribution in [2.75, 3.05) is 3.82 Å². The van der Waals surface area contributed by atoms with Crippen LogP contribution in [0.25, 0.3) is 0 Å². The number of benzene rings is 1. The summed E-state index contributed by atoms with van der Waals surface area (Å²) in [6.45, 7) is 0. The van der Waals surface area contributed by atoms with Gasteiger partial charge in [0.25, 0.3) is 11.3 Å². The minimum atomic E-state index is -2.41. The van der Waals surface area contributed by atoms with Crippen LogP contribution < -0.4 is 3.82 Å². The van der Waals surface area contributed by atoms with E-state index in [9.17, 15) is 8.60 Å². The van der Waals surface area contributed by atoms with Crippen molar-refractivity contribution in [3.05, 3.63) is 30.1 Å². The van der Waals surface area contributed by atoms with E-state index >= 15 is 0 Å². The summed E-state index contributed by atoms with van der Waals surface area (Å²) in [6, 6.07) is 5.43. The molecule has 0 fully saturated rings. The van der Waals surface area contributed by atoms with Crippen LogP contribution in [0.2, 0.25) is 0 Å². The van der Waals surface area contributed by atoms with E-state index in [1.165, 1.54) is 18.2 Å². The number of anilines is 1. The molecule has 0 aromatic heterocycles. The molecule has 0 radical (unpaired) electrons. The molecular formula is C6H5ClFNO2S. The van der Waals surface area contributed by atoms with Crippen molar-refractivity contribution in [1.29, 1.82) is 0 Å². The molecule has 66 valence electrons. The van der Waals surface area contributed by atoms with Gasteiger partial charge in [-0.15, -0.1) is 0 Å².